The third-order valence-electron chi connectivity index (χ3n) is 4.01. The normalized spacial score (nSPS) is 19.2. The molecule has 1 aliphatic heterocycles. The van der Waals surface area contributed by atoms with E-state index in [2.05, 4.69) is 10.6 Å². The van der Waals surface area contributed by atoms with Crippen LogP contribution < -0.4 is 15.5 Å². The largest absolute Gasteiger partial charge is 0.359 e. The summed E-state index contributed by atoms with van der Waals surface area (Å²) in [6.45, 7) is 2.29. The van der Waals surface area contributed by atoms with E-state index in [1.807, 2.05) is 6.92 Å². The molecule has 7 heteroatoms. The van der Waals surface area contributed by atoms with Gasteiger partial charge in [-0.05, 0) is 36.8 Å². The van der Waals surface area contributed by atoms with Crippen molar-refractivity contribution in [3.05, 3.63) is 59.1 Å². The lowest BCUT2D eigenvalue weighted by molar-refractivity contribution is -0.140. The summed E-state index contributed by atoms with van der Waals surface area (Å²) >= 11 is 5.91. The number of carbonyl (C=O) groups is 2. The summed E-state index contributed by atoms with van der Waals surface area (Å²) in [7, 11) is 0. The Bertz CT molecular complexity index is 809. The molecule has 0 fully saturated rings. The summed E-state index contributed by atoms with van der Waals surface area (Å²) in [6.07, 6.45) is 0.705. The van der Waals surface area contributed by atoms with E-state index in [0.717, 1.165) is 4.90 Å². The lowest BCUT2D eigenvalue weighted by Gasteiger charge is -2.42. The van der Waals surface area contributed by atoms with Crippen LogP contribution in [0.25, 0.3) is 0 Å². The van der Waals surface area contributed by atoms with Crippen LogP contribution in [0.1, 0.15) is 18.9 Å². The average molecular weight is 360 g/mol. The standard InChI is InChI=1S/C18H18ClN3O3/c1-2-11-20-16(23)18(25)14-5-3-4-6-15(14)21-17(24)22(18)13-9-7-12(19)8-10-13/h3-10,25H,2,11H2,1H3,(H,20,23)(H,21,24). The van der Waals surface area contributed by atoms with Crippen molar-refractivity contribution in [1.29, 1.82) is 0 Å². The molecule has 1 atom stereocenters. The van der Waals surface area contributed by atoms with Crippen LogP contribution in [-0.2, 0) is 10.5 Å². The van der Waals surface area contributed by atoms with Gasteiger partial charge in [-0.1, -0.05) is 36.7 Å². The Morgan fingerprint density at radius 3 is 2.60 bits per heavy atom. The molecule has 2 aromatic rings. The maximum absolute atomic E-state index is 12.8. The minimum atomic E-state index is -2.16. The minimum absolute atomic E-state index is 0.304. The van der Waals surface area contributed by atoms with Crippen molar-refractivity contribution >= 4 is 34.9 Å². The van der Waals surface area contributed by atoms with Crippen LogP contribution in [0, 0.1) is 0 Å². The fourth-order valence-corrected chi connectivity index (χ4v) is 2.94. The molecular weight excluding hydrogens is 342 g/mol. The molecule has 0 aromatic heterocycles. The van der Waals surface area contributed by atoms with Gasteiger partial charge in [-0.15, -0.1) is 0 Å². The molecule has 1 unspecified atom stereocenters. The first kappa shape index (κ1) is 17.3. The first-order valence-corrected chi connectivity index (χ1v) is 8.33. The van der Waals surface area contributed by atoms with E-state index in [4.69, 9.17) is 11.6 Å². The smallest absolute Gasteiger partial charge is 0.329 e. The third-order valence-corrected chi connectivity index (χ3v) is 4.26. The Kier molecular flexibility index (Phi) is 4.65. The second-order valence-electron chi connectivity index (χ2n) is 5.72. The van der Waals surface area contributed by atoms with E-state index in [0.29, 0.717) is 34.9 Å². The number of fused-ring (bicyclic) bond motifs is 1. The van der Waals surface area contributed by atoms with Crippen molar-refractivity contribution in [3.63, 3.8) is 0 Å². The molecule has 1 aliphatic rings. The Labute approximate surface area is 150 Å². The molecule has 2 aromatic carbocycles. The molecule has 25 heavy (non-hydrogen) atoms. The number of hydrogen-bond donors (Lipinski definition) is 3. The van der Waals surface area contributed by atoms with Gasteiger partial charge in [0.05, 0.1) is 5.69 Å². The number of hydrogen-bond acceptors (Lipinski definition) is 3. The molecule has 3 amide bonds. The van der Waals surface area contributed by atoms with E-state index in [1.165, 1.54) is 0 Å². The molecule has 0 saturated heterocycles. The van der Waals surface area contributed by atoms with Crippen molar-refractivity contribution < 1.29 is 14.7 Å². The molecule has 130 valence electrons. The van der Waals surface area contributed by atoms with Gasteiger partial charge in [0.25, 0.3) is 11.6 Å². The number of rotatable bonds is 4. The Hall–Kier alpha value is -2.57. The zero-order chi connectivity index (χ0) is 18.0. The lowest BCUT2D eigenvalue weighted by Crippen LogP contribution is -2.62. The van der Waals surface area contributed by atoms with Crippen molar-refractivity contribution in [1.82, 2.24) is 5.32 Å². The van der Waals surface area contributed by atoms with Crippen LogP contribution in [-0.4, -0.2) is 23.6 Å². The summed E-state index contributed by atoms with van der Waals surface area (Å²) in [6, 6.07) is 12.4. The molecule has 3 rings (SSSR count). The molecular formula is C18H18ClN3O3. The zero-order valence-electron chi connectivity index (χ0n) is 13.6. The lowest BCUT2D eigenvalue weighted by atomic mass is 9.95. The van der Waals surface area contributed by atoms with Crippen molar-refractivity contribution in [3.8, 4) is 0 Å². The summed E-state index contributed by atoms with van der Waals surface area (Å²) < 4.78 is 0. The highest BCUT2D eigenvalue weighted by atomic mass is 35.5. The van der Waals surface area contributed by atoms with Crippen LogP contribution in [0.4, 0.5) is 16.2 Å². The van der Waals surface area contributed by atoms with Crippen LogP contribution in [0.2, 0.25) is 5.02 Å². The maximum Gasteiger partial charge on any atom is 0.329 e. The maximum atomic E-state index is 12.8. The molecule has 0 spiro atoms. The van der Waals surface area contributed by atoms with Gasteiger partial charge >= 0.3 is 6.03 Å². The van der Waals surface area contributed by atoms with Gasteiger partial charge in [-0.2, -0.15) is 0 Å². The van der Waals surface area contributed by atoms with Crippen molar-refractivity contribution in [2.24, 2.45) is 0 Å². The summed E-state index contributed by atoms with van der Waals surface area (Å²) in [5.74, 6) is -0.661. The Balaban J connectivity index is 2.16. The number of aliphatic hydroxyl groups is 1. The van der Waals surface area contributed by atoms with E-state index in [-0.39, 0.29) is 0 Å². The number of benzene rings is 2. The predicted octanol–water partition coefficient (Wildman–Crippen LogP) is 3.06. The Morgan fingerprint density at radius 1 is 1.24 bits per heavy atom. The number of nitrogens with one attached hydrogen (secondary N) is 2. The topological polar surface area (TPSA) is 81.7 Å². The van der Waals surface area contributed by atoms with Crippen molar-refractivity contribution in [2.45, 2.75) is 19.1 Å². The summed E-state index contributed by atoms with van der Waals surface area (Å²) in [5.41, 5.74) is -1.11. The second kappa shape index (κ2) is 6.74. The predicted molar refractivity (Wildman–Crippen MR) is 96.6 cm³/mol. The monoisotopic (exact) mass is 359 g/mol. The number of halogens is 1. The highest BCUT2D eigenvalue weighted by Crippen LogP contribution is 2.39. The van der Waals surface area contributed by atoms with Gasteiger partial charge in [-0.25, -0.2) is 4.79 Å². The Morgan fingerprint density at radius 2 is 1.92 bits per heavy atom. The molecule has 0 radical (unpaired) electrons. The molecule has 0 aliphatic carbocycles. The fraction of sp³-hybridized carbons (Fsp3) is 0.222. The SMILES string of the molecule is CCCNC(=O)C1(O)c2ccccc2NC(=O)N1c1ccc(Cl)cc1. The molecule has 0 saturated carbocycles. The number of urea groups is 1. The van der Waals surface area contributed by atoms with Gasteiger partial charge < -0.3 is 15.7 Å². The van der Waals surface area contributed by atoms with E-state index >= 15 is 0 Å². The summed E-state index contributed by atoms with van der Waals surface area (Å²) in [4.78, 5) is 26.5. The van der Waals surface area contributed by atoms with E-state index in [9.17, 15) is 14.7 Å². The number of nitrogens with zero attached hydrogens (tertiary/aromatic N) is 1. The fourth-order valence-electron chi connectivity index (χ4n) is 2.81. The quantitative estimate of drug-likeness (QED) is 0.784. The molecule has 0 bridgehead atoms. The highest BCUT2D eigenvalue weighted by Gasteiger charge is 2.51. The molecule has 3 N–H and O–H groups in total. The van der Waals surface area contributed by atoms with Gasteiger partial charge in [0.15, 0.2) is 0 Å². The van der Waals surface area contributed by atoms with Gasteiger partial charge in [-0.3, -0.25) is 9.69 Å². The van der Waals surface area contributed by atoms with Crippen molar-refractivity contribution in [2.75, 3.05) is 16.8 Å². The van der Waals surface area contributed by atoms with Crippen LogP contribution in [0.3, 0.4) is 0 Å². The number of carbonyl (C=O) groups excluding carboxylic acids is 2. The third kappa shape index (κ3) is 2.94. The van der Waals surface area contributed by atoms with Gasteiger partial charge in [0, 0.05) is 22.8 Å². The van der Waals surface area contributed by atoms with Crippen LogP contribution >= 0.6 is 11.6 Å². The number of para-hydroxylation sites is 1. The first-order valence-electron chi connectivity index (χ1n) is 7.95. The van der Waals surface area contributed by atoms with Gasteiger partial charge in [0.2, 0.25) is 0 Å². The highest BCUT2D eigenvalue weighted by molar-refractivity contribution is 6.30. The second-order valence-corrected chi connectivity index (χ2v) is 6.15. The van der Waals surface area contributed by atoms with Crippen LogP contribution in [0.15, 0.2) is 48.5 Å². The van der Waals surface area contributed by atoms with E-state index in [1.54, 1.807) is 48.5 Å². The summed E-state index contributed by atoms with van der Waals surface area (Å²) in [5, 5.41) is 17.3. The minimum Gasteiger partial charge on any atom is -0.359 e. The van der Waals surface area contributed by atoms with E-state index < -0.39 is 17.7 Å². The average Bonchev–Trinajstić information content (AvgIpc) is 2.61. The zero-order valence-corrected chi connectivity index (χ0v) is 14.4. The van der Waals surface area contributed by atoms with Crippen LogP contribution in [0.5, 0.6) is 0 Å². The number of anilines is 2. The molecule has 6 nitrogen and oxygen atoms in total. The number of amides is 3. The first-order chi connectivity index (χ1) is 12.0. The van der Waals surface area contributed by atoms with Gasteiger partial charge in [0.1, 0.15) is 0 Å². The molecule has 1 heterocycles.